The van der Waals surface area contributed by atoms with Crippen molar-refractivity contribution in [2.75, 3.05) is 30.3 Å². The van der Waals surface area contributed by atoms with Gasteiger partial charge in [0.1, 0.15) is 10.6 Å². The van der Waals surface area contributed by atoms with Crippen LogP contribution in [-0.2, 0) is 11.2 Å². The number of hydrogen-bond donors (Lipinski definition) is 3. The lowest BCUT2D eigenvalue weighted by atomic mass is 10.1. The smallest absolute Gasteiger partial charge is 0.350 e. The van der Waals surface area contributed by atoms with Crippen LogP contribution >= 0.6 is 34.5 Å². The number of carbonyl (C=O) groups excluding carboxylic acids is 2. The Morgan fingerprint density at radius 1 is 1.29 bits per heavy atom. The second-order valence-electron chi connectivity index (χ2n) is 8.90. The Morgan fingerprint density at radius 3 is 2.66 bits per heavy atom. The Kier molecular flexibility index (Phi) is 6.41. The molecule has 5 rings (SSSR count). The summed E-state index contributed by atoms with van der Waals surface area (Å²) in [6.07, 6.45) is 0.494. The van der Waals surface area contributed by atoms with Gasteiger partial charge >= 0.3 is 5.97 Å². The molecule has 1 unspecified atom stereocenters. The molecular formula is C24H25Cl2N5O3S. The predicted molar refractivity (Wildman–Crippen MR) is 138 cm³/mol. The first kappa shape index (κ1) is 24.0. The number of aromatic amines is 1. The average molecular weight is 534 g/mol. The minimum Gasteiger partial charge on any atom is -0.462 e. The fraction of sp³-hybridized carbons (Fsp3) is 0.375. The number of esters is 1. The lowest BCUT2D eigenvalue weighted by Gasteiger charge is -2.19. The monoisotopic (exact) mass is 533 g/mol. The van der Waals surface area contributed by atoms with Gasteiger partial charge in [0.15, 0.2) is 5.13 Å². The summed E-state index contributed by atoms with van der Waals surface area (Å²) < 4.78 is 5.28. The van der Waals surface area contributed by atoms with Gasteiger partial charge in [-0.3, -0.25) is 4.79 Å². The number of thiazole rings is 1. The third-order valence-electron chi connectivity index (χ3n) is 6.51. The molecule has 0 radical (unpaired) electrons. The summed E-state index contributed by atoms with van der Waals surface area (Å²) in [7, 11) is 0. The Hall–Kier alpha value is -2.75. The summed E-state index contributed by atoms with van der Waals surface area (Å²) in [6.45, 7) is 5.36. The summed E-state index contributed by atoms with van der Waals surface area (Å²) in [5, 5.41) is 4.48. The molecule has 11 heteroatoms. The molecule has 2 aromatic heterocycles. The zero-order valence-corrected chi connectivity index (χ0v) is 21.6. The van der Waals surface area contributed by atoms with Gasteiger partial charge in [0.05, 0.1) is 22.3 Å². The minimum absolute atomic E-state index is 0.0773. The maximum atomic E-state index is 12.7. The van der Waals surface area contributed by atoms with Crippen molar-refractivity contribution in [3.8, 4) is 0 Å². The highest BCUT2D eigenvalue weighted by Gasteiger charge is 2.57. The van der Waals surface area contributed by atoms with Crippen molar-refractivity contribution in [3.63, 3.8) is 0 Å². The van der Waals surface area contributed by atoms with Crippen LogP contribution in [0.5, 0.6) is 0 Å². The zero-order valence-electron chi connectivity index (χ0n) is 19.2. The molecule has 3 aromatic rings. The van der Waals surface area contributed by atoms with Crippen LogP contribution in [0.15, 0.2) is 24.3 Å². The fourth-order valence-corrected chi connectivity index (χ4v) is 6.11. The number of aryl methyl sites for hydroxylation is 1. The van der Waals surface area contributed by atoms with E-state index in [9.17, 15) is 9.59 Å². The highest BCUT2D eigenvalue weighted by molar-refractivity contribution is 7.17. The topological polar surface area (TPSA) is 113 Å². The van der Waals surface area contributed by atoms with Gasteiger partial charge in [0, 0.05) is 48.8 Å². The van der Waals surface area contributed by atoms with E-state index in [4.69, 9.17) is 38.7 Å². The number of benzene rings is 1. The summed E-state index contributed by atoms with van der Waals surface area (Å²) in [5.74, 6) is 0.0220. The van der Waals surface area contributed by atoms with Crippen LogP contribution in [0.3, 0.4) is 0 Å². The van der Waals surface area contributed by atoms with E-state index in [0.29, 0.717) is 57.5 Å². The first-order valence-corrected chi connectivity index (χ1v) is 12.9. The molecule has 1 aliphatic heterocycles. The zero-order chi connectivity index (χ0) is 24.9. The normalized spacial score (nSPS) is 20.6. The Bertz CT molecular complexity index is 1290. The molecule has 0 spiro atoms. The number of H-pyrrole nitrogens is 1. The minimum atomic E-state index is -0.360. The van der Waals surface area contributed by atoms with E-state index in [-0.39, 0.29) is 22.9 Å². The van der Waals surface area contributed by atoms with Gasteiger partial charge in [-0.15, -0.1) is 0 Å². The van der Waals surface area contributed by atoms with Crippen molar-refractivity contribution < 1.29 is 14.3 Å². The molecule has 4 N–H and O–H groups in total. The Labute approximate surface area is 216 Å². The Morgan fingerprint density at radius 2 is 2.03 bits per heavy atom. The number of piperidine rings is 1. The molecule has 3 heterocycles. The van der Waals surface area contributed by atoms with E-state index < -0.39 is 0 Å². The molecule has 1 amide bonds. The van der Waals surface area contributed by atoms with Crippen molar-refractivity contribution in [2.45, 2.75) is 26.3 Å². The number of nitrogens with two attached hydrogens (primary N) is 1. The van der Waals surface area contributed by atoms with E-state index in [1.807, 2.05) is 24.3 Å². The maximum Gasteiger partial charge on any atom is 0.350 e. The fourth-order valence-electron chi connectivity index (χ4n) is 4.70. The molecule has 2 aliphatic rings. The molecule has 1 saturated heterocycles. The van der Waals surface area contributed by atoms with Gasteiger partial charge in [-0.05, 0) is 31.5 Å². The van der Waals surface area contributed by atoms with Gasteiger partial charge < -0.3 is 25.7 Å². The van der Waals surface area contributed by atoms with E-state index in [0.717, 1.165) is 23.8 Å². The van der Waals surface area contributed by atoms with Gasteiger partial charge in [0.2, 0.25) is 0 Å². The SMILES string of the molecule is CCOC(=O)c1sc(N2C[C@@H]3C(NC(=O)c4[nH]c(C)c(Cl)c4Cl)[C@@H]3C2)nc1Cc1cccc(N)c1. The molecule has 1 saturated carbocycles. The molecule has 0 bridgehead atoms. The number of halogens is 2. The lowest BCUT2D eigenvalue weighted by Crippen LogP contribution is -2.34. The largest absolute Gasteiger partial charge is 0.462 e. The quantitative estimate of drug-likeness (QED) is 0.308. The molecule has 184 valence electrons. The second-order valence-corrected chi connectivity index (χ2v) is 10.6. The number of nitrogens with zero attached hydrogens (tertiary/aromatic N) is 2. The van der Waals surface area contributed by atoms with Crippen LogP contribution in [0.4, 0.5) is 10.8 Å². The third-order valence-corrected chi connectivity index (χ3v) is 8.60. The van der Waals surface area contributed by atoms with Crippen molar-refractivity contribution in [1.29, 1.82) is 0 Å². The van der Waals surface area contributed by atoms with Crippen LogP contribution in [0.1, 0.15) is 44.0 Å². The first-order valence-electron chi connectivity index (χ1n) is 11.4. The Balaban J connectivity index is 1.27. The first-order chi connectivity index (χ1) is 16.8. The standard InChI is InChI=1S/C24H25Cl2N5O3S/c1-3-34-23(33)21-16(8-12-5-4-6-13(27)7-12)29-24(35-21)31-9-14-15(10-31)19(14)30-22(32)20-18(26)17(25)11(2)28-20/h4-7,14-15,19,28H,3,8-10,27H2,1-2H3,(H,30,32)/t14-,15+,19?. The van der Waals surface area contributed by atoms with Crippen LogP contribution in [0.25, 0.3) is 0 Å². The second kappa shape index (κ2) is 9.37. The number of aromatic nitrogens is 2. The lowest BCUT2D eigenvalue weighted by molar-refractivity contribution is 0.0530. The van der Waals surface area contributed by atoms with Crippen molar-refractivity contribution in [3.05, 3.63) is 61.8 Å². The number of nitrogen functional groups attached to an aromatic ring is 1. The molecule has 35 heavy (non-hydrogen) atoms. The van der Waals surface area contributed by atoms with Crippen molar-refractivity contribution in [1.82, 2.24) is 15.3 Å². The number of anilines is 2. The van der Waals surface area contributed by atoms with Gasteiger partial charge in [-0.1, -0.05) is 46.7 Å². The molecule has 1 aliphatic carbocycles. The number of carbonyl (C=O) groups is 2. The molecule has 2 fully saturated rings. The van der Waals surface area contributed by atoms with Gasteiger partial charge in [-0.2, -0.15) is 0 Å². The van der Waals surface area contributed by atoms with E-state index in [1.165, 1.54) is 11.3 Å². The van der Waals surface area contributed by atoms with E-state index >= 15 is 0 Å². The number of rotatable bonds is 7. The summed E-state index contributed by atoms with van der Waals surface area (Å²) in [4.78, 5) is 35.8. The summed E-state index contributed by atoms with van der Waals surface area (Å²) in [5.41, 5.74) is 9.22. The van der Waals surface area contributed by atoms with Crippen LogP contribution in [-0.4, -0.2) is 47.6 Å². The number of fused-ring (bicyclic) bond motifs is 1. The predicted octanol–water partition coefficient (Wildman–Crippen LogP) is 4.30. The molecule has 3 atom stereocenters. The summed E-state index contributed by atoms with van der Waals surface area (Å²) in [6, 6.07) is 7.65. The molecule has 1 aromatic carbocycles. The van der Waals surface area contributed by atoms with E-state index in [1.54, 1.807) is 13.8 Å². The van der Waals surface area contributed by atoms with Gasteiger partial charge in [0.25, 0.3) is 5.91 Å². The van der Waals surface area contributed by atoms with Crippen LogP contribution in [0, 0.1) is 18.8 Å². The van der Waals surface area contributed by atoms with E-state index in [2.05, 4.69) is 15.2 Å². The number of amides is 1. The molecule has 8 nitrogen and oxygen atoms in total. The third kappa shape index (κ3) is 4.60. The van der Waals surface area contributed by atoms with Crippen LogP contribution in [0.2, 0.25) is 10.0 Å². The average Bonchev–Trinajstić information content (AvgIpc) is 3.18. The number of ether oxygens (including phenoxy) is 1. The van der Waals surface area contributed by atoms with Crippen LogP contribution < -0.4 is 16.0 Å². The maximum absolute atomic E-state index is 12.7. The molecular weight excluding hydrogens is 509 g/mol. The van der Waals surface area contributed by atoms with Gasteiger partial charge in [-0.25, -0.2) is 9.78 Å². The highest BCUT2D eigenvalue weighted by atomic mass is 35.5. The van der Waals surface area contributed by atoms with Crippen molar-refractivity contribution >= 4 is 57.2 Å². The number of nitrogens with one attached hydrogen (secondary N) is 2. The summed E-state index contributed by atoms with van der Waals surface area (Å²) >= 11 is 13.6. The van der Waals surface area contributed by atoms with Crippen molar-refractivity contribution in [2.24, 2.45) is 11.8 Å². The highest BCUT2D eigenvalue weighted by Crippen LogP contribution is 2.48. The number of hydrogen-bond acceptors (Lipinski definition) is 7.